The molecule has 0 bridgehead atoms. The fourth-order valence-electron chi connectivity index (χ4n) is 1.56. The molecule has 2 rings (SSSR count). The van der Waals surface area contributed by atoms with Gasteiger partial charge in [0.05, 0.1) is 8.07 Å². The van der Waals surface area contributed by atoms with E-state index in [0.717, 1.165) is 0 Å². The van der Waals surface area contributed by atoms with Crippen LogP contribution in [0, 0.1) is 0 Å². The molecule has 1 aliphatic heterocycles. The van der Waals surface area contributed by atoms with Crippen LogP contribution in [0.25, 0.3) is 0 Å². The van der Waals surface area contributed by atoms with Crippen molar-refractivity contribution in [2.45, 2.75) is 31.8 Å². The van der Waals surface area contributed by atoms with Crippen molar-refractivity contribution in [3.05, 3.63) is 47.7 Å². The lowest BCUT2D eigenvalue weighted by atomic mass is 10.1. The number of benzene rings is 1. The molecule has 1 saturated heterocycles. The number of rotatable bonds is 3. The fraction of sp³-hybridized carbons (Fsp3) is 0.385. The first-order valence-electron chi connectivity index (χ1n) is 5.46. The van der Waals surface area contributed by atoms with Crippen molar-refractivity contribution >= 4 is 8.07 Å². The maximum Gasteiger partial charge on any atom is 0.113 e. The van der Waals surface area contributed by atoms with E-state index in [1.165, 1.54) is 5.56 Å². The van der Waals surface area contributed by atoms with E-state index < -0.39 is 8.07 Å². The fourth-order valence-corrected chi connectivity index (χ4v) is 2.33. The summed E-state index contributed by atoms with van der Waals surface area (Å²) in [5.41, 5.74) is 3.66. The van der Waals surface area contributed by atoms with Gasteiger partial charge >= 0.3 is 0 Å². The normalized spacial score (nSPS) is 25.8. The second kappa shape index (κ2) is 3.95. The summed E-state index contributed by atoms with van der Waals surface area (Å²) >= 11 is 0. The Morgan fingerprint density at radius 3 is 2.40 bits per heavy atom. The highest BCUT2D eigenvalue weighted by Gasteiger charge is 2.37. The van der Waals surface area contributed by atoms with Gasteiger partial charge < -0.3 is 4.74 Å². The minimum atomic E-state index is -1.07. The molecular weight excluding hydrogens is 200 g/mol. The molecular formula is C13H18OSi. The SMILES string of the molecule is C[Si](C)(C)/C=C/[C@@H]1O[C@@H]1c1ccccc1. The van der Waals surface area contributed by atoms with E-state index in [2.05, 4.69) is 55.7 Å². The van der Waals surface area contributed by atoms with Crippen LogP contribution in [0.3, 0.4) is 0 Å². The summed E-state index contributed by atoms with van der Waals surface area (Å²) in [6, 6.07) is 10.4. The van der Waals surface area contributed by atoms with Crippen LogP contribution in [0.1, 0.15) is 11.7 Å². The summed E-state index contributed by atoms with van der Waals surface area (Å²) in [4.78, 5) is 0. The second-order valence-electron chi connectivity index (χ2n) is 5.16. The first-order chi connectivity index (χ1) is 7.06. The number of hydrogen-bond acceptors (Lipinski definition) is 1. The van der Waals surface area contributed by atoms with Gasteiger partial charge in [0, 0.05) is 0 Å². The van der Waals surface area contributed by atoms with Gasteiger partial charge in [0.15, 0.2) is 0 Å². The van der Waals surface area contributed by atoms with Crippen LogP contribution in [0.4, 0.5) is 0 Å². The zero-order valence-electron chi connectivity index (χ0n) is 9.60. The summed E-state index contributed by atoms with van der Waals surface area (Å²) in [5.74, 6) is 0. The van der Waals surface area contributed by atoms with Gasteiger partial charge in [-0.1, -0.05) is 61.7 Å². The van der Waals surface area contributed by atoms with Crippen LogP contribution in [-0.2, 0) is 4.74 Å². The van der Waals surface area contributed by atoms with Gasteiger partial charge in [0.2, 0.25) is 0 Å². The smallest absolute Gasteiger partial charge is 0.113 e. The third-order valence-electron chi connectivity index (χ3n) is 2.44. The molecule has 1 aliphatic rings. The molecule has 2 atom stereocenters. The van der Waals surface area contributed by atoms with Crippen LogP contribution in [-0.4, -0.2) is 14.2 Å². The molecule has 1 heterocycles. The monoisotopic (exact) mass is 218 g/mol. The van der Waals surface area contributed by atoms with Gasteiger partial charge in [-0.2, -0.15) is 0 Å². The van der Waals surface area contributed by atoms with E-state index in [9.17, 15) is 0 Å². The second-order valence-corrected chi connectivity index (χ2v) is 10.2. The predicted molar refractivity (Wildman–Crippen MR) is 66.5 cm³/mol. The predicted octanol–water partition coefficient (Wildman–Crippen LogP) is 3.56. The van der Waals surface area contributed by atoms with Gasteiger partial charge in [-0.05, 0) is 5.56 Å². The summed E-state index contributed by atoms with van der Waals surface area (Å²) in [7, 11) is -1.07. The van der Waals surface area contributed by atoms with Crippen molar-refractivity contribution in [3.8, 4) is 0 Å². The number of epoxide rings is 1. The average Bonchev–Trinajstić information content (AvgIpc) is 2.94. The lowest BCUT2D eigenvalue weighted by Crippen LogP contribution is -2.15. The zero-order chi connectivity index (χ0) is 10.9. The Kier molecular flexibility index (Phi) is 2.80. The van der Waals surface area contributed by atoms with Crippen LogP contribution >= 0.6 is 0 Å². The Bertz CT molecular complexity index is 351. The Balaban J connectivity index is 1.95. The summed E-state index contributed by atoms with van der Waals surface area (Å²) in [6.45, 7) is 7.01. The van der Waals surface area contributed by atoms with Crippen LogP contribution in [0.15, 0.2) is 42.1 Å². The minimum Gasteiger partial charge on any atom is -0.360 e. The van der Waals surface area contributed by atoms with Crippen molar-refractivity contribution in [1.29, 1.82) is 0 Å². The third kappa shape index (κ3) is 3.04. The van der Waals surface area contributed by atoms with Gasteiger partial charge in [0.25, 0.3) is 0 Å². The van der Waals surface area contributed by atoms with E-state index in [0.29, 0.717) is 12.2 Å². The Hall–Kier alpha value is -0.863. The molecule has 1 aromatic carbocycles. The van der Waals surface area contributed by atoms with E-state index in [4.69, 9.17) is 4.74 Å². The van der Waals surface area contributed by atoms with Gasteiger partial charge in [-0.15, -0.1) is 0 Å². The molecule has 0 spiro atoms. The van der Waals surface area contributed by atoms with Crippen LogP contribution in [0.2, 0.25) is 19.6 Å². The lowest BCUT2D eigenvalue weighted by molar-refractivity contribution is 0.394. The topological polar surface area (TPSA) is 12.5 Å². The number of hydrogen-bond donors (Lipinski definition) is 0. The highest BCUT2D eigenvalue weighted by atomic mass is 28.3. The van der Waals surface area contributed by atoms with E-state index in [-0.39, 0.29) is 0 Å². The zero-order valence-corrected chi connectivity index (χ0v) is 10.6. The van der Waals surface area contributed by atoms with Crippen molar-refractivity contribution in [1.82, 2.24) is 0 Å². The molecule has 0 radical (unpaired) electrons. The van der Waals surface area contributed by atoms with Crippen LogP contribution in [0.5, 0.6) is 0 Å². The number of ether oxygens (including phenoxy) is 1. The molecule has 0 aromatic heterocycles. The molecule has 80 valence electrons. The Morgan fingerprint density at radius 2 is 1.80 bits per heavy atom. The molecule has 0 saturated carbocycles. The van der Waals surface area contributed by atoms with Crippen molar-refractivity contribution in [2.75, 3.05) is 0 Å². The third-order valence-corrected chi connectivity index (χ3v) is 3.63. The van der Waals surface area contributed by atoms with E-state index >= 15 is 0 Å². The highest BCUT2D eigenvalue weighted by Crippen LogP contribution is 2.39. The van der Waals surface area contributed by atoms with Gasteiger partial charge in [-0.3, -0.25) is 0 Å². The van der Waals surface area contributed by atoms with Crippen molar-refractivity contribution < 1.29 is 4.74 Å². The molecule has 1 nitrogen and oxygen atoms in total. The first-order valence-corrected chi connectivity index (χ1v) is 9.04. The Labute approximate surface area is 92.8 Å². The maximum absolute atomic E-state index is 5.63. The largest absolute Gasteiger partial charge is 0.360 e. The lowest BCUT2D eigenvalue weighted by Gasteiger charge is -2.06. The Morgan fingerprint density at radius 1 is 1.13 bits per heavy atom. The van der Waals surface area contributed by atoms with Crippen LogP contribution < -0.4 is 0 Å². The standard InChI is InChI=1S/C13H18OSi/c1-15(2,3)10-9-12-13(14-12)11-7-5-4-6-8-11/h4-10,12-13H,1-3H3/b10-9+/t12-,13+/m0/s1. The molecule has 0 aliphatic carbocycles. The van der Waals surface area contributed by atoms with Crippen molar-refractivity contribution in [2.24, 2.45) is 0 Å². The summed E-state index contributed by atoms with van der Waals surface area (Å²) < 4.78 is 5.63. The average molecular weight is 218 g/mol. The van der Waals surface area contributed by atoms with Gasteiger partial charge in [0.1, 0.15) is 12.2 Å². The maximum atomic E-state index is 5.63. The first kappa shape index (κ1) is 10.6. The molecule has 15 heavy (non-hydrogen) atoms. The quantitative estimate of drug-likeness (QED) is 0.558. The molecule has 0 N–H and O–H groups in total. The highest BCUT2D eigenvalue weighted by molar-refractivity contribution is 6.80. The molecule has 0 unspecified atom stereocenters. The molecule has 1 fully saturated rings. The minimum absolute atomic E-state index is 0.304. The van der Waals surface area contributed by atoms with Gasteiger partial charge in [-0.25, -0.2) is 0 Å². The molecule has 1 aromatic rings. The summed E-state index contributed by atoms with van der Waals surface area (Å²) in [5, 5.41) is 0. The van der Waals surface area contributed by atoms with E-state index in [1.54, 1.807) is 0 Å². The summed E-state index contributed by atoms with van der Waals surface area (Å²) in [6.07, 6.45) is 2.86. The van der Waals surface area contributed by atoms with Crippen molar-refractivity contribution in [3.63, 3.8) is 0 Å². The van der Waals surface area contributed by atoms with E-state index in [1.807, 2.05) is 6.07 Å². The molecule has 2 heteroatoms. The molecule has 0 amide bonds.